The number of nitrogens with zero attached hydrogens (tertiary/aromatic N) is 1. The Kier molecular flexibility index (Phi) is 12.3. The van der Waals surface area contributed by atoms with E-state index in [1.54, 1.807) is 24.3 Å². The van der Waals surface area contributed by atoms with Crippen molar-refractivity contribution in [3.05, 3.63) is 34.3 Å². The Morgan fingerprint density at radius 1 is 1.23 bits per heavy atom. The summed E-state index contributed by atoms with van der Waals surface area (Å²) in [4.78, 5) is 35.8. The lowest BCUT2D eigenvalue weighted by Gasteiger charge is -2.19. The van der Waals surface area contributed by atoms with E-state index >= 15 is 0 Å². The highest BCUT2D eigenvalue weighted by Gasteiger charge is 2.34. The molecule has 1 atom stereocenters. The predicted molar refractivity (Wildman–Crippen MR) is 103 cm³/mol. The molecule has 1 aliphatic heterocycles. The molecule has 1 aromatic carbocycles. The zero-order valence-electron chi connectivity index (χ0n) is 15.6. The van der Waals surface area contributed by atoms with E-state index in [1.807, 2.05) is 13.8 Å². The van der Waals surface area contributed by atoms with Crippen LogP contribution in [-0.4, -0.2) is 53.7 Å². The number of carboxylic acid groups (broad SMARTS) is 1. The Morgan fingerprint density at radius 2 is 1.77 bits per heavy atom. The number of benzene rings is 1. The third-order valence-corrected chi connectivity index (χ3v) is 3.52. The lowest BCUT2D eigenvalue weighted by molar-refractivity contribution is -0.147. The third kappa shape index (κ3) is 7.97. The number of hydrogen-bond donors (Lipinski definition) is 2. The van der Waals surface area contributed by atoms with Crippen molar-refractivity contribution >= 4 is 33.7 Å². The number of carbonyl (C=O) groups excluding carboxylic acids is 2. The van der Waals surface area contributed by atoms with E-state index in [0.29, 0.717) is 5.56 Å². The number of aliphatic carboxylic acids is 1. The van der Waals surface area contributed by atoms with Gasteiger partial charge in [-0.1, -0.05) is 50.0 Å². The molecule has 1 aromatic rings. The van der Waals surface area contributed by atoms with Crippen LogP contribution in [0.1, 0.15) is 44.5 Å². The minimum atomic E-state index is -1.12. The summed E-state index contributed by atoms with van der Waals surface area (Å²) in [5.74, 6) is -2.02. The fourth-order valence-corrected chi connectivity index (χ4v) is 2.12. The van der Waals surface area contributed by atoms with E-state index < -0.39 is 23.8 Å². The predicted octanol–water partition coefficient (Wildman–Crippen LogP) is 2.89. The molecule has 0 saturated carbocycles. The van der Waals surface area contributed by atoms with Crippen LogP contribution in [0.4, 0.5) is 0 Å². The molecule has 2 N–H and O–H groups in total. The molecule has 26 heavy (non-hydrogen) atoms. The summed E-state index contributed by atoms with van der Waals surface area (Å²) in [5.41, 5.74) is 0.415. The van der Waals surface area contributed by atoms with Crippen LogP contribution < -0.4 is 5.32 Å². The minimum Gasteiger partial charge on any atom is -0.480 e. The largest absolute Gasteiger partial charge is 0.480 e. The maximum Gasteiger partial charge on any atom is 0.328 e. The molecule has 7 nitrogen and oxygen atoms in total. The summed E-state index contributed by atoms with van der Waals surface area (Å²) >= 11 is 3.26. The zero-order chi connectivity index (χ0) is 20.1. The second kappa shape index (κ2) is 13.3. The summed E-state index contributed by atoms with van der Waals surface area (Å²) in [6.07, 6.45) is 1.25. The van der Waals surface area contributed by atoms with Crippen molar-refractivity contribution in [1.29, 1.82) is 0 Å². The number of halogens is 1. The smallest absolute Gasteiger partial charge is 0.328 e. The van der Waals surface area contributed by atoms with Crippen LogP contribution in [-0.2, 0) is 14.3 Å². The van der Waals surface area contributed by atoms with Crippen molar-refractivity contribution < 1.29 is 24.2 Å². The van der Waals surface area contributed by atoms with Crippen LogP contribution in [0.3, 0.4) is 0 Å². The van der Waals surface area contributed by atoms with Gasteiger partial charge in [-0.05, 0) is 24.3 Å². The average molecular weight is 431 g/mol. The number of amides is 2. The first-order valence-corrected chi connectivity index (χ1v) is 9.33. The summed E-state index contributed by atoms with van der Waals surface area (Å²) in [5, 5.41) is 11.4. The van der Waals surface area contributed by atoms with E-state index in [0.717, 1.165) is 9.37 Å². The number of rotatable bonds is 4. The van der Waals surface area contributed by atoms with Crippen molar-refractivity contribution in [3.63, 3.8) is 0 Å². The molecule has 1 heterocycles. The number of carbonyl (C=O) groups is 3. The van der Waals surface area contributed by atoms with E-state index in [4.69, 9.17) is 9.84 Å². The zero-order valence-corrected chi connectivity index (χ0v) is 17.2. The van der Waals surface area contributed by atoms with E-state index in [-0.39, 0.29) is 19.9 Å². The number of carboxylic acids is 1. The molecule has 0 bridgehead atoms. The van der Waals surface area contributed by atoms with Crippen LogP contribution in [0.25, 0.3) is 0 Å². The van der Waals surface area contributed by atoms with Gasteiger partial charge in [0.2, 0.25) is 5.91 Å². The van der Waals surface area contributed by atoms with Gasteiger partial charge in [0.15, 0.2) is 6.04 Å². The summed E-state index contributed by atoms with van der Waals surface area (Å²) in [6.45, 7) is 7.85. The van der Waals surface area contributed by atoms with Crippen molar-refractivity contribution in [3.8, 4) is 0 Å². The van der Waals surface area contributed by atoms with Crippen molar-refractivity contribution in [2.24, 2.45) is 0 Å². The topological polar surface area (TPSA) is 95.9 Å². The first-order valence-electron chi connectivity index (χ1n) is 8.54. The molecular formula is C18H27BrN2O5. The number of ether oxygens (including phenoxy) is 1. The standard InChI is InChI=1S/C13H13BrN2O5.C3H8.C2H6/c14-9-3-1-8(2-4-9)12(18)15-5-11(17)16-7-21-6-10(16)13(19)20;1-3-2;1-2/h1-4,10H,5-7H2,(H,15,18)(H,19,20);3H2,1-2H3;1-2H3. The molecule has 0 aromatic heterocycles. The van der Waals surface area contributed by atoms with Crippen molar-refractivity contribution in [1.82, 2.24) is 10.2 Å². The molecule has 1 aliphatic rings. The molecule has 2 rings (SSSR count). The average Bonchev–Trinajstić information content (AvgIpc) is 3.12. The number of hydrogen-bond acceptors (Lipinski definition) is 4. The van der Waals surface area contributed by atoms with Gasteiger partial charge >= 0.3 is 5.97 Å². The van der Waals surface area contributed by atoms with Gasteiger partial charge in [0, 0.05) is 10.0 Å². The molecular weight excluding hydrogens is 404 g/mol. The van der Waals surface area contributed by atoms with Gasteiger partial charge in [-0.25, -0.2) is 4.79 Å². The van der Waals surface area contributed by atoms with Crippen LogP contribution in [0.2, 0.25) is 0 Å². The molecule has 146 valence electrons. The van der Waals surface area contributed by atoms with Crippen LogP contribution >= 0.6 is 15.9 Å². The monoisotopic (exact) mass is 430 g/mol. The molecule has 2 amide bonds. The highest BCUT2D eigenvalue weighted by atomic mass is 79.9. The third-order valence-electron chi connectivity index (χ3n) is 2.99. The highest BCUT2D eigenvalue weighted by Crippen LogP contribution is 2.11. The van der Waals surface area contributed by atoms with Gasteiger partial charge in [0.25, 0.3) is 5.91 Å². The summed E-state index contributed by atoms with van der Waals surface area (Å²) in [6, 6.07) is 5.66. The first kappa shape index (κ1) is 24.1. The minimum absolute atomic E-state index is 0.0399. The highest BCUT2D eigenvalue weighted by molar-refractivity contribution is 9.10. The van der Waals surface area contributed by atoms with E-state index in [9.17, 15) is 14.4 Å². The second-order valence-corrected chi connectivity index (χ2v) is 6.03. The van der Waals surface area contributed by atoms with Gasteiger partial charge in [-0.15, -0.1) is 0 Å². The van der Waals surface area contributed by atoms with Gasteiger partial charge in [-0.3, -0.25) is 9.59 Å². The van der Waals surface area contributed by atoms with Crippen LogP contribution in [0.5, 0.6) is 0 Å². The van der Waals surface area contributed by atoms with Crippen molar-refractivity contribution in [2.45, 2.75) is 40.2 Å². The Bertz CT molecular complexity index is 577. The van der Waals surface area contributed by atoms with Gasteiger partial charge in [0.05, 0.1) is 13.2 Å². The van der Waals surface area contributed by atoms with E-state index in [2.05, 4.69) is 35.1 Å². The Morgan fingerprint density at radius 3 is 2.27 bits per heavy atom. The molecule has 1 saturated heterocycles. The van der Waals surface area contributed by atoms with E-state index in [1.165, 1.54) is 6.42 Å². The van der Waals surface area contributed by atoms with Gasteiger partial charge in [-0.2, -0.15) is 0 Å². The quantitative estimate of drug-likeness (QED) is 0.765. The summed E-state index contributed by atoms with van der Waals surface area (Å²) in [7, 11) is 0. The second-order valence-electron chi connectivity index (χ2n) is 5.11. The van der Waals surface area contributed by atoms with Gasteiger partial charge in [0.1, 0.15) is 6.73 Å². The van der Waals surface area contributed by atoms with Crippen LogP contribution in [0.15, 0.2) is 28.7 Å². The molecule has 1 fully saturated rings. The number of nitrogens with one attached hydrogen (secondary N) is 1. The lowest BCUT2D eigenvalue weighted by atomic mass is 10.2. The van der Waals surface area contributed by atoms with Gasteiger partial charge < -0.3 is 20.1 Å². The normalized spacial score (nSPS) is 15.1. The molecule has 1 unspecified atom stereocenters. The molecule has 0 aliphatic carbocycles. The molecule has 8 heteroatoms. The molecule has 0 radical (unpaired) electrons. The SMILES string of the molecule is CC.CCC.O=C(NCC(=O)N1COCC1C(=O)O)c1ccc(Br)cc1. The fraction of sp³-hybridized carbons (Fsp3) is 0.500. The Balaban J connectivity index is 0.00000113. The van der Waals surface area contributed by atoms with Crippen molar-refractivity contribution in [2.75, 3.05) is 19.9 Å². The Hall–Kier alpha value is -1.93. The maximum absolute atomic E-state index is 11.9. The first-order chi connectivity index (χ1) is 12.4. The summed E-state index contributed by atoms with van der Waals surface area (Å²) < 4.78 is 5.80. The van der Waals surface area contributed by atoms with Crippen LogP contribution in [0, 0.1) is 0 Å². The fourth-order valence-electron chi connectivity index (χ4n) is 1.85. The molecule has 0 spiro atoms. The lowest BCUT2D eigenvalue weighted by Crippen LogP contribution is -2.46. The maximum atomic E-state index is 11.9. The Labute approximate surface area is 162 Å².